The summed E-state index contributed by atoms with van der Waals surface area (Å²) < 4.78 is 18.6. The molecule has 0 spiro atoms. The fourth-order valence-electron chi connectivity index (χ4n) is 2.69. The maximum atomic E-state index is 12.9. The second-order valence-electron chi connectivity index (χ2n) is 6.08. The number of benzene rings is 2. The lowest BCUT2D eigenvalue weighted by Crippen LogP contribution is -2.24. The summed E-state index contributed by atoms with van der Waals surface area (Å²) in [4.78, 5) is 13.4. The average molecular weight is 340 g/mol. The Morgan fingerprint density at radius 1 is 1.08 bits per heavy atom. The van der Waals surface area contributed by atoms with Crippen molar-refractivity contribution in [3.63, 3.8) is 0 Å². The van der Waals surface area contributed by atoms with Gasteiger partial charge in [0, 0.05) is 28.2 Å². The third-order valence-electron chi connectivity index (χ3n) is 4.15. The normalized spacial score (nSPS) is 18.7. The van der Waals surface area contributed by atoms with Crippen LogP contribution < -0.4 is 0 Å². The van der Waals surface area contributed by atoms with Crippen molar-refractivity contribution in [3.05, 3.63) is 71.5 Å². The highest BCUT2D eigenvalue weighted by Crippen LogP contribution is 2.24. The number of allylic oxidation sites excluding steroid dienone is 1. The number of hydrogen-bond acceptors (Lipinski definition) is 3. The van der Waals surface area contributed by atoms with Crippen LogP contribution in [0.3, 0.4) is 0 Å². The molecule has 3 rings (SSSR count). The van der Waals surface area contributed by atoms with Crippen LogP contribution in [0.15, 0.2) is 70.2 Å². The molecule has 3 nitrogen and oxygen atoms in total. The molecule has 0 bridgehead atoms. The summed E-state index contributed by atoms with van der Waals surface area (Å²) in [5.41, 5.74) is 2.75. The molecule has 0 amide bonds. The summed E-state index contributed by atoms with van der Waals surface area (Å²) >= 11 is 0. The molecule has 4 heteroatoms. The van der Waals surface area contributed by atoms with E-state index in [0.717, 1.165) is 20.9 Å². The van der Waals surface area contributed by atoms with Gasteiger partial charge in [0.2, 0.25) is 0 Å². The van der Waals surface area contributed by atoms with Crippen LogP contribution >= 0.6 is 0 Å². The fourth-order valence-corrected chi connectivity index (χ4v) is 3.92. The van der Waals surface area contributed by atoms with E-state index in [1.807, 2.05) is 55.5 Å². The second-order valence-corrected chi connectivity index (χ2v) is 7.53. The van der Waals surface area contributed by atoms with Gasteiger partial charge in [0.1, 0.15) is 6.10 Å². The zero-order valence-electron chi connectivity index (χ0n) is 13.8. The lowest BCUT2D eigenvalue weighted by atomic mass is 9.99. The van der Waals surface area contributed by atoms with Gasteiger partial charge in [0.25, 0.3) is 0 Å². The number of Topliss-reactive ketones (excluding diaryl/α,β-unsaturated/α-hetero) is 1. The van der Waals surface area contributed by atoms with E-state index in [4.69, 9.17) is 4.74 Å². The first-order valence-corrected chi connectivity index (χ1v) is 9.11. The van der Waals surface area contributed by atoms with Crippen molar-refractivity contribution in [2.75, 3.05) is 0 Å². The van der Waals surface area contributed by atoms with E-state index >= 15 is 0 Å². The maximum Gasteiger partial charge on any atom is 0.165 e. The van der Waals surface area contributed by atoms with Gasteiger partial charge in [0.05, 0.1) is 17.1 Å². The molecule has 1 aliphatic heterocycles. The second kappa shape index (κ2) is 7.14. The van der Waals surface area contributed by atoms with Crippen LogP contribution in [0.5, 0.6) is 0 Å². The number of rotatable bonds is 4. The molecule has 2 aromatic rings. The van der Waals surface area contributed by atoms with E-state index in [1.54, 1.807) is 6.92 Å². The SMILES string of the molecule is CC1=CO[C@H](Cc2ccccc2S(=O)c2ccc(C)cc2)CC1=O. The molecule has 0 N–H and O–H groups in total. The van der Waals surface area contributed by atoms with Crippen molar-refractivity contribution in [1.29, 1.82) is 0 Å². The topological polar surface area (TPSA) is 43.4 Å². The fraction of sp³-hybridized carbons (Fsp3) is 0.250. The molecule has 0 radical (unpaired) electrons. The van der Waals surface area contributed by atoms with Crippen molar-refractivity contribution in [3.8, 4) is 0 Å². The minimum Gasteiger partial charge on any atom is -0.497 e. The van der Waals surface area contributed by atoms with E-state index in [0.29, 0.717) is 18.4 Å². The summed E-state index contributed by atoms with van der Waals surface area (Å²) in [6, 6.07) is 15.4. The Kier molecular flexibility index (Phi) is 4.95. The van der Waals surface area contributed by atoms with Crippen LogP contribution in [-0.4, -0.2) is 16.1 Å². The van der Waals surface area contributed by atoms with Gasteiger partial charge in [-0.25, -0.2) is 4.21 Å². The van der Waals surface area contributed by atoms with Gasteiger partial charge >= 0.3 is 0 Å². The van der Waals surface area contributed by atoms with Crippen molar-refractivity contribution in [2.24, 2.45) is 0 Å². The van der Waals surface area contributed by atoms with Crippen molar-refractivity contribution in [2.45, 2.75) is 42.6 Å². The molecule has 0 saturated carbocycles. The van der Waals surface area contributed by atoms with Gasteiger partial charge in [0.15, 0.2) is 5.78 Å². The van der Waals surface area contributed by atoms with Gasteiger partial charge in [-0.15, -0.1) is 0 Å². The summed E-state index contributed by atoms with van der Waals surface area (Å²) in [6.07, 6.45) is 2.28. The highest BCUT2D eigenvalue weighted by Gasteiger charge is 2.23. The molecular formula is C20H20O3S. The standard InChI is InChI=1S/C20H20O3S/c1-14-7-9-18(10-8-14)24(22)20-6-4-3-5-16(20)11-17-12-19(21)15(2)13-23-17/h3-10,13,17H,11-12H2,1-2H3/t17-,24?/m1/s1. The summed E-state index contributed by atoms with van der Waals surface area (Å²) in [7, 11) is -1.24. The first kappa shape index (κ1) is 16.7. The Balaban J connectivity index is 1.84. The Morgan fingerprint density at radius 3 is 2.50 bits per heavy atom. The monoisotopic (exact) mass is 340 g/mol. The molecule has 0 aliphatic carbocycles. The first-order valence-electron chi connectivity index (χ1n) is 7.96. The van der Waals surface area contributed by atoms with Crippen LogP contribution in [0.25, 0.3) is 0 Å². The van der Waals surface area contributed by atoms with E-state index in [9.17, 15) is 9.00 Å². The lowest BCUT2D eigenvalue weighted by molar-refractivity contribution is -0.119. The molecule has 1 heterocycles. The van der Waals surface area contributed by atoms with Crippen molar-refractivity contribution < 1.29 is 13.7 Å². The van der Waals surface area contributed by atoms with E-state index < -0.39 is 10.8 Å². The molecule has 0 saturated heterocycles. The van der Waals surface area contributed by atoms with Gasteiger partial charge in [-0.1, -0.05) is 35.9 Å². The van der Waals surface area contributed by atoms with E-state index in [1.165, 1.54) is 6.26 Å². The summed E-state index contributed by atoms with van der Waals surface area (Å²) in [5, 5.41) is 0. The molecule has 0 fully saturated rings. The van der Waals surface area contributed by atoms with Crippen LogP contribution in [0.1, 0.15) is 24.5 Å². The zero-order valence-corrected chi connectivity index (χ0v) is 14.6. The Labute approximate surface area is 144 Å². The molecule has 124 valence electrons. The third-order valence-corrected chi connectivity index (χ3v) is 5.64. The van der Waals surface area contributed by atoms with Crippen LogP contribution in [0.2, 0.25) is 0 Å². The molecule has 2 atom stereocenters. The number of ether oxygens (including phenoxy) is 1. The number of ketones is 1. The van der Waals surface area contributed by atoms with Gasteiger partial charge in [-0.3, -0.25) is 4.79 Å². The maximum absolute atomic E-state index is 12.9. The number of carbonyl (C=O) groups is 1. The zero-order chi connectivity index (χ0) is 17.1. The molecule has 0 aromatic heterocycles. The minimum atomic E-state index is -1.24. The van der Waals surface area contributed by atoms with Crippen molar-refractivity contribution in [1.82, 2.24) is 0 Å². The number of hydrogen-bond donors (Lipinski definition) is 0. The Bertz CT molecular complexity index is 806. The molecule has 1 aliphatic rings. The minimum absolute atomic E-state index is 0.114. The average Bonchev–Trinajstić information content (AvgIpc) is 2.59. The van der Waals surface area contributed by atoms with E-state index in [-0.39, 0.29) is 11.9 Å². The molecule has 24 heavy (non-hydrogen) atoms. The van der Waals surface area contributed by atoms with Crippen LogP contribution in [-0.2, 0) is 26.8 Å². The molecule has 1 unspecified atom stereocenters. The quantitative estimate of drug-likeness (QED) is 0.846. The predicted octanol–water partition coefficient (Wildman–Crippen LogP) is 3.97. The largest absolute Gasteiger partial charge is 0.497 e. The third kappa shape index (κ3) is 3.65. The molecule has 2 aromatic carbocycles. The van der Waals surface area contributed by atoms with Gasteiger partial charge in [-0.05, 0) is 37.6 Å². The van der Waals surface area contributed by atoms with Crippen LogP contribution in [0.4, 0.5) is 0 Å². The van der Waals surface area contributed by atoms with Gasteiger partial charge in [-0.2, -0.15) is 0 Å². The highest BCUT2D eigenvalue weighted by atomic mass is 32.2. The summed E-state index contributed by atoms with van der Waals surface area (Å²) in [5.74, 6) is 0.114. The lowest BCUT2D eigenvalue weighted by Gasteiger charge is -2.22. The highest BCUT2D eigenvalue weighted by molar-refractivity contribution is 7.85. The van der Waals surface area contributed by atoms with Crippen LogP contribution in [0, 0.1) is 6.92 Å². The number of carbonyl (C=O) groups excluding carboxylic acids is 1. The smallest absolute Gasteiger partial charge is 0.165 e. The Morgan fingerprint density at radius 2 is 1.79 bits per heavy atom. The Hall–Kier alpha value is -2.20. The first-order chi connectivity index (χ1) is 11.5. The predicted molar refractivity (Wildman–Crippen MR) is 94.3 cm³/mol. The summed E-state index contributed by atoms with van der Waals surface area (Å²) in [6.45, 7) is 3.77. The van der Waals surface area contributed by atoms with E-state index in [2.05, 4.69) is 0 Å². The molecular weight excluding hydrogens is 320 g/mol. The van der Waals surface area contributed by atoms with Gasteiger partial charge < -0.3 is 4.74 Å². The number of aryl methyl sites for hydroxylation is 1. The van der Waals surface area contributed by atoms with Crippen molar-refractivity contribution >= 4 is 16.6 Å².